The van der Waals surface area contributed by atoms with Gasteiger partial charge in [0.05, 0.1) is 6.61 Å². The second kappa shape index (κ2) is 19.7. The average Bonchev–Trinajstić information content (AvgIpc) is 3.43. The van der Waals surface area contributed by atoms with Crippen LogP contribution in [0.25, 0.3) is 10.4 Å². The molecule has 4 rings (SSSR count). The molecule has 1 aromatic heterocycles. The van der Waals surface area contributed by atoms with Crippen molar-refractivity contribution in [3.05, 3.63) is 99.4 Å². The standard InChI is InChI=1S/C35H44N7O11P/c1-4-6-18-28(43)50-30-31(51-29(44)19-7-5-2)35(40-41-37,52-32(30)42-21-20-27(36)38-34(42)46)23-49-54(47,53-26-16-12-9-13-17-26)39-24(3)33(45)48-22-25-14-10-8-11-15-25/h8-17,20-21,24,30-32H,4-7,18-19,22-23H2,1-3H3,(H,39,47)(H2,36,38,46)/t24-,30+,31-,32+,35+,54?/m0/s1. The van der Waals surface area contributed by atoms with Crippen molar-refractivity contribution >= 4 is 31.5 Å². The Balaban J connectivity index is 1.74. The summed E-state index contributed by atoms with van der Waals surface area (Å²) in [5, 5.41) is 6.35. The molecule has 1 aliphatic rings. The Hall–Kier alpha value is -5.25. The SMILES string of the molecule is CCCCC(=O)O[C@H]1[C@H](n2ccc(N)nc2=O)O[C@@](COP(=O)(N[C@@H](C)C(=O)OCc2ccccc2)Oc2ccccc2)(N=[N+]=[N-])[C@H]1OC(=O)CCCC. The number of benzene rings is 2. The van der Waals surface area contributed by atoms with Crippen LogP contribution in [-0.4, -0.2) is 58.0 Å². The number of rotatable bonds is 20. The second-order valence-corrected chi connectivity index (χ2v) is 14.0. The number of hydrogen-bond donors (Lipinski definition) is 2. The number of hydrogen-bond acceptors (Lipinski definition) is 14. The van der Waals surface area contributed by atoms with E-state index in [0.717, 1.165) is 4.57 Å². The molecular formula is C35H44N7O11P. The normalized spacial score (nSPS) is 20.8. The second-order valence-electron chi connectivity index (χ2n) is 12.3. The van der Waals surface area contributed by atoms with E-state index in [-0.39, 0.29) is 31.0 Å². The Morgan fingerprint density at radius 2 is 1.67 bits per heavy atom. The van der Waals surface area contributed by atoms with E-state index in [1.54, 1.807) is 42.5 Å². The monoisotopic (exact) mass is 769 g/mol. The van der Waals surface area contributed by atoms with Crippen molar-refractivity contribution < 1.29 is 46.9 Å². The molecular weight excluding hydrogens is 725 g/mol. The maximum Gasteiger partial charge on any atom is 0.459 e. The summed E-state index contributed by atoms with van der Waals surface area (Å²) in [6.45, 7) is 4.03. The molecule has 0 spiro atoms. The molecule has 0 bridgehead atoms. The van der Waals surface area contributed by atoms with E-state index in [4.69, 9.17) is 33.7 Å². The number of ether oxygens (including phenoxy) is 4. The van der Waals surface area contributed by atoms with Crippen molar-refractivity contribution in [1.29, 1.82) is 0 Å². The minimum Gasteiger partial charge on any atom is -0.460 e. The summed E-state index contributed by atoms with van der Waals surface area (Å²) in [6.07, 6.45) is -1.78. The molecule has 1 unspecified atom stereocenters. The topological polar surface area (TPSA) is 245 Å². The minimum atomic E-state index is -4.67. The van der Waals surface area contributed by atoms with Crippen LogP contribution < -0.4 is 21.0 Å². The van der Waals surface area contributed by atoms with Crippen molar-refractivity contribution in [3.8, 4) is 5.75 Å². The highest BCUT2D eigenvalue weighted by Crippen LogP contribution is 2.49. The lowest BCUT2D eigenvalue weighted by Crippen LogP contribution is -2.49. The summed E-state index contributed by atoms with van der Waals surface area (Å²) in [6, 6.07) is 16.7. The molecule has 2 heterocycles. The maximum atomic E-state index is 14.5. The number of nitrogens with one attached hydrogen (secondary N) is 1. The van der Waals surface area contributed by atoms with Gasteiger partial charge in [0, 0.05) is 24.0 Å². The summed E-state index contributed by atoms with van der Waals surface area (Å²) in [7, 11) is -4.67. The van der Waals surface area contributed by atoms with Crippen LogP contribution in [0.2, 0.25) is 0 Å². The van der Waals surface area contributed by atoms with E-state index in [2.05, 4.69) is 20.1 Å². The Morgan fingerprint density at radius 1 is 1.04 bits per heavy atom. The van der Waals surface area contributed by atoms with Gasteiger partial charge in [0.25, 0.3) is 0 Å². The Bertz CT molecular complexity index is 1880. The van der Waals surface area contributed by atoms with Gasteiger partial charge in [-0.1, -0.05) is 80.3 Å². The van der Waals surface area contributed by atoms with Crippen LogP contribution in [0.1, 0.15) is 71.1 Å². The van der Waals surface area contributed by atoms with Crippen molar-refractivity contribution in [2.24, 2.45) is 5.11 Å². The van der Waals surface area contributed by atoms with Crippen molar-refractivity contribution in [2.45, 2.75) is 96.1 Å². The van der Waals surface area contributed by atoms with Crippen molar-refractivity contribution in [3.63, 3.8) is 0 Å². The summed E-state index contributed by atoms with van der Waals surface area (Å²) >= 11 is 0. The third-order valence-corrected chi connectivity index (χ3v) is 9.65. The molecule has 18 nitrogen and oxygen atoms in total. The van der Waals surface area contributed by atoms with Crippen LogP contribution in [0.4, 0.5) is 5.82 Å². The number of azide groups is 1. The first kappa shape index (κ1) is 41.5. The van der Waals surface area contributed by atoms with Gasteiger partial charge in [0.15, 0.2) is 18.4 Å². The van der Waals surface area contributed by atoms with Crippen LogP contribution in [0, 0.1) is 0 Å². The molecule has 2 aromatic carbocycles. The number of anilines is 1. The first-order valence-electron chi connectivity index (χ1n) is 17.4. The molecule has 0 radical (unpaired) electrons. The smallest absolute Gasteiger partial charge is 0.459 e. The van der Waals surface area contributed by atoms with Crippen LogP contribution in [0.5, 0.6) is 5.75 Å². The van der Waals surface area contributed by atoms with Gasteiger partial charge in [0.1, 0.15) is 24.2 Å². The number of carbonyl (C=O) groups is 3. The number of para-hydroxylation sites is 1. The van der Waals surface area contributed by atoms with Gasteiger partial charge in [-0.05, 0) is 49.1 Å². The van der Waals surface area contributed by atoms with Crippen molar-refractivity contribution in [1.82, 2.24) is 14.6 Å². The summed E-state index contributed by atoms with van der Waals surface area (Å²) in [5.41, 5.74) is 12.9. The predicted molar refractivity (Wildman–Crippen MR) is 193 cm³/mol. The van der Waals surface area contributed by atoms with E-state index in [0.29, 0.717) is 31.2 Å². The number of nitrogens with two attached hydrogens (primary N) is 1. The summed E-state index contributed by atoms with van der Waals surface area (Å²) in [5.74, 6) is -2.39. The minimum absolute atomic E-state index is 0.0432. The van der Waals surface area contributed by atoms with Gasteiger partial charge >= 0.3 is 31.3 Å². The Morgan fingerprint density at radius 3 is 2.28 bits per heavy atom. The zero-order valence-electron chi connectivity index (χ0n) is 30.1. The van der Waals surface area contributed by atoms with Gasteiger partial charge in [-0.25, -0.2) is 9.36 Å². The first-order valence-corrected chi connectivity index (χ1v) is 18.9. The fraction of sp³-hybridized carbons (Fsp3) is 0.457. The molecule has 19 heteroatoms. The summed E-state index contributed by atoms with van der Waals surface area (Å²) < 4.78 is 50.3. The highest BCUT2D eigenvalue weighted by atomic mass is 31.2. The highest BCUT2D eigenvalue weighted by molar-refractivity contribution is 7.52. The third kappa shape index (κ3) is 11.4. The number of carbonyl (C=O) groups excluding carboxylic acids is 3. The van der Waals surface area contributed by atoms with E-state index in [9.17, 15) is 29.3 Å². The number of esters is 3. The Kier molecular flexibility index (Phi) is 15.2. The summed E-state index contributed by atoms with van der Waals surface area (Å²) in [4.78, 5) is 59.1. The molecule has 3 aromatic rings. The molecule has 0 amide bonds. The quantitative estimate of drug-likeness (QED) is 0.0360. The third-order valence-electron chi connectivity index (χ3n) is 8.02. The predicted octanol–water partition coefficient (Wildman–Crippen LogP) is 5.49. The average molecular weight is 770 g/mol. The molecule has 1 fully saturated rings. The molecule has 3 N–H and O–H groups in total. The van der Waals surface area contributed by atoms with Gasteiger partial charge < -0.3 is 29.2 Å². The van der Waals surface area contributed by atoms with Crippen LogP contribution in [-0.2, 0) is 49.0 Å². The first-order chi connectivity index (χ1) is 25.9. The lowest BCUT2D eigenvalue weighted by molar-refractivity contribution is -0.173. The number of aromatic nitrogens is 2. The lowest BCUT2D eigenvalue weighted by atomic mass is 10.0. The zero-order chi connectivity index (χ0) is 39.1. The fourth-order valence-electron chi connectivity index (χ4n) is 5.25. The number of nitrogens with zero attached hydrogens (tertiary/aromatic N) is 5. The van der Waals surface area contributed by atoms with Crippen molar-refractivity contribution in [2.75, 3.05) is 12.3 Å². The van der Waals surface area contributed by atoms with E-state index in [1.165, 1.54) is 31.3 Å². The van der Waals surface area contributed by atoms with E-state index >= 15 is 0 Å². The highest BCUT2D eigenvalue weighted by Gasteiger charge is 2.61. The van der Waals surface area contributed by atoms with Crippen LogP contribution in [0.15, 0.2) is 82.8 Å². The molecule has 54 heavy (non-hydrogen) atoms. The van der Waals surface area contributed by atoms with E-state index in [1.807, 2.05) is 19.9 Å². The molecule has 290 valence electrons. The van der Waals surface area contributed by atoms with Crippen LogP contribution >= 0.6 is 7.75 Å². The molecule has 1 saturated heterocycles. The van der Waals surface area contributed by atoms with Crippen LogP contribution in [0.3, 0.4) is 0 Å². The van der Waals surface area contributed by atoms with Gasteiger partial charge in [-0.3, -0.25) is 23.5 Å². The molecule has 6 atom stereocenters. The maximum absolute atomic E-state index is 14.5. The van der Waals surface area contributed by atoms with Gasteiger partial charge in [-0.15, -0.1) is 0 Å². The largest absolute Gasteiger partial charge is 0.460 e. The Labute approximate surface area is 311 Å². The van der Waals surface area contributed by atoms with Gasteiger partial charge in [0.2, 0.25) is 5.72 Å². The fourth-order valence-corrected chi connectivity index (χ4v) is 6.76. The van der Waals surface area contributed by atoms with E-state index < -0.39 is 68.2 Å². The molecule has 1 aliphatic heterocycles. The lowest BCUT2D eigenvalue weighted by Gasteiger charge is -2.31. The number of nitrogen functional groups attached to an aromatic ring is 1. The number of unbranched alkanes of at least 4 members (excludes halogenated alkanes) is 2. The van der Waals surface area contributed by atoms with Gasteiger partial charge in [-0.2, -0.15) is 10.1 Å². The molecule has 0 saturated carbocycles. The molecule has 0 aliphatic carbocycles. The zero-order valence-corrected chi connectivity index (χ0v) is 31.0.